The summed E-state index contributed by atoms with van der Waals surface area (Å²) in [4.78, 5) is 15.2. The van der Waals surface area contributed by atoms with Crippen LogP contribution in [0.15, 0.2) is 42.5 Å². The third-order valence-electron chi connectivity index (χ3n) is 6.64. The summed E-state index contributed by atoms with van der Waals surface area (Å²) in [6.07, 6.45) is 4.16. The van der Waals surface area contributed by atoms with Crippen molar-refractivity contribution < 1.29 is 23.8 Å². The summed E-state index contributed by atoms with van der Waals surface area (Å²) in [7, 11) is 0. The summed E-state index contributed by atoms with van der Waals surface area (Å²) in [5, 5.41) is 11.4. The Labute approximate surface area is 169 Å². The average Bonchev–Trinajstić information content (AvgIpc) is 3.20. The number of piperidine rings is 1. The first-order chi connectivity index (χ1) is 14.0. The maximum atomic E-state index is 13.8. The minimum absolute atomic E-state index is 0.0668. The number of fused-ring (bicyclic) bond motifs is 2. The Morgan fingerprint density at radius 1 is 1.10 bits per heavy atom. The highest BCUT2D eigenvalue weighted by Gasteiger charge is 2.50. The number of amides is 1. The molecule has 0 bridgehead atoms. The van der Waals surface area contributed by atoms with Crippen LogP contribution in [0, 0.1) is 11.7 Å². The molecule has 0 radical (unpaired) electrons. The number of benzene rings is 2. The number of ether oxygens (including phenoxy) is 2. The molecule has 152 valence electrons. The number of hydrogen-bond acceptors (Lipinski definition) is 4. The van der Waals surface area contributed by atoms with Crippen LogP contribution >= 0.6 is 0 Å². The third kappa shape index (κ3) is 3.15. The standard InChI is InChI=1S/C23H24FNO4/c24-17-5-3-4-16(12-17)22(26)25-11-10-23(27)9-2-1-6-18(23)21(25)15-7-8-19-20(13-15)29-14-28-19/h3-5,7-8,12-13,18,21,27H,1-2,6,9-11,14H2/t18-,21-,23-/m0/s1. The largest absolute Gasteiger partial charge is 0.454 e. The Kier molecular flexibility index (Phi) is 4.46. The smallest absolute Gasteiger partial charge is 0.254 e. The van der Waals surface area contributed by atoms with Crippen LogP contribution in [-0.2, 0) is 0 Å². The second-order valence-electron chi connectivity index (χ2n) is 8.27. The fraction of sp³-hybridized carbons (Fsp3) is 0.435. The van der Waals surface area contributed by atoms with Gasteiger partial charge in [-0.15, -0.1) is 0 Å². The summed E-state index contributed by atoms with van der Waals surface area (Å²) in [6, 6.07) is 11.2. The molecule has 2 fully saturated rings. The van der Waals surface area contributed by atoms with E-state index in [1.165, 1.54) is 12.1 Å². The number of nitrogens with zero attached hydrogens (tertiary/aromatic N) is 1. The van der Waals surface area contributed by atoms with E-state index in [0.717, 1.165) is 31.2 Å². The van der Waals surface area contributed by atoms with Crippen LogP contribution in [0.1, 0.15) is 54.1 Å². The third-order valence-corrected chi connectivity index (χ3v) is 6.64. The Hall–Kier alpha value is -2.60. The van der Waals surface area contributed by atoms with E-state index in [1.54, 1.807) is 17.0 Å². The molecule has 1 amide bonds. The van der Waals surface area contributed by atoms with Crippen LogP contribution in [0.2, 0.25) is 0 Å². The highest BCUT2D eigenvalue weighted by Crippen LogP contribution is 2.50. The van der Waals surface area contributed by atoms with Gasteiger partial charge in [-0.1, -0.05) is 25.0 Å². The molecule has 1 N–H and O–H groups in total. The van der Waals surface area contributed by atoms with E-state index in [2.05, 4.69) is 0 Å². The molecular formula is C23H24FNO4. The molecule has 0 spiro atoms. The normalized spacial score (nSPS) is 28.1. The lowest BCUT2D eigenvalue weighted by Gasteiger charge is -2.52. The number of likely N-dealkylation sites (tertiary alicyclic amines) is 1. The second-order valence-corrected chi connectivity index (χ2v) is 8.27. The van der Waals surface area contributed by atoms with Gasteiger partial charge in [0.2, 0.25) is 6.79 Å². The molecule has 5 nitrogen and oxygen atoms in total. The first-order valence-corrected chi connectivity index (χ1v) is 10.2. The van der Waals surface area contributed by atoms with Gasteiger partial charge in [-0.2, -0.15) is 0 Å². The van der Waals surface area contributed by atoms with Gasteiger partial charge in [0.05, 0.1) is 11.6 Å². The van der Waals surface area contributed by atoms with Crippen molar-refractivity contribution in [1.82, 2.24) is 4.90 Å². The number of hydrogen-bond donors (Lipinski definition) is 1. The first-order valence-electron chi connectivity index (χ1n) is 10.2. The highest BCUT2D eigenvalue weighted by molar-refractivity contribution is 5.94. The minimum atomic E-state index is -0.780. The number of carbonyl (C=O) groups excluding carboxylic acids is 1. The van der Waals surface area contributed by atoms with Gasteiger partial charge in [-0.25, -0.2) is 4.39 Å². The molecular weight excluding hydrogens is 373 g/mol. The summed E-state index contributed by atoms with van der Waals surface area (Å²) in [5.74, 6) is 0.640. The maximum Gasteiger partial charge on any atom is 0.254 e. The number of rotatable bonds is 2. The SMILES string of the molecule is O=C(c1cccc(F)c1)N1CC[C@@]2(O)CCCC[C@H]2[C@@H]1c1ccc2c(c1)OCO2. The van der Waals surface area contributed by atoms with E-state index in [-0.39, 0.29) is 24.7 Å². The lowest BCUT2D eigenvalue weighted by Crippen LogP contribution is -2.56. The molecule has 3 aliphatic rings. The second kappa shape index (κ2) is 7.02. The highest BCUT2D eigenvalue weighted by atomic mass is 19.1. The Bertz CT molecular complexity index is 948. The van der Waals surface area contributed by atoms with Crippen molar-refractivity contribution in [2.45, 2.75) is 43.7 Å². The topological polar surface area (TPSA) is 59.0 Å². The molecule has 2 aromatic carbocycles. The fourth-order valence-electron chi connectivity index (χ4n) is 5.21. The van der Waals surface area contributed by atoms with Crippen molar-refractivity contribution in [2.24, 2.45) is 5.92 Å². The van der Waals surface area contributed by atoms with Gasteiger partial charge in [0.1, 0.15) is 5.82 Å². The van der Waals surface area contributed by atoms with Crippen LogP contribution in [0.5, 0.6) is 11.5 Å². The van der Waals surface area contributed by atoms with Gasteiger partial charge in [-0.3, -0.25) is 4.79 Å². The number of halogens is 1. The molecule has 2 heterocycles. The molecule has 2 aliphatic heterocycles. The van der Waals surface area contributed by atoms with Crippen molar-refractivity contribution in [3.05, 3.63) is 59.4 Å². The molecule has 29 heavy (non-hydrogen) atoms. The van der Waals surface area contributed by atoms with E-state index >= 15 is 0 Å². The van der Waals surface area contributed by atoms with Crippen molar-refractivity contribution in [1.29, 1.82) is 0 Å². The van der Waals surface area contributed by atoms with Gasteiger partial charge in [0, 0.05) is 18.0 Å². The molecule has 3 atom stereocenters. The van der Waals surface area contributed by atoms with Crippen LogP contribution in [0.3, 0.4) is 0 Å². The predicted octanol–water partition coefficient (Wildman–Crippen LogP) is 4.06. The van der Waals surface area contributed by atoms with Gasteiger partial charge >= 0.3 is 0 Å². The minimum Gasteiger partial charge on any atom is -0.454 e. The molecule has 0 aromatic heterocycles. The van der Waals surface area contributed by atoms with Crippen LogP contribution < -0.4 is 9.47 Å². The zero-order valence-electron chi connectivity index (χ0n) is 16.1. The van der Waals surface area contributed by atoms with Crippen molar-refractivity contribution in [3.8, 4) is 11.5 Å². The molecule has 1 saturated heterocycles. The van der Waals surface area contributed by atoms with Gasteiger partial charge in [0.15, 0.2) is 11.5 Å². The van der Waals surface area contributed by atoms with Crippen molar-refractivity contribution in [2.75, 3.05) is 13.3 Å². The molecule has 1 aliphatic carbocycles. The summed E-state index contributed by atoms with van der Waals surface area (Å²) < 4.78 is 24.7. The Balaban J connectivity index is 1.57. The summed E-state index contributed by atoms with van der Waals surface area (Å²) in [6.45, 7) is 0.615. The van der Waals surface area contributed by atoms with E-state index in [1.807, 2.05) is 18.2 Å². The summed E-state index contributed by atoms with van der Waals surface area (Å²) >= 11 is 0. The molecule has 6 heteroatoms. The maximum absolute atomic E-state index is 13.8. The van der Waals surface area contributed by atoms with E-state index in [9.17, 15) is 14.3 Å². The molecule has 5 rings (SSSR count). The van der Waals surface area contributed by atoms with E-state index in [4.69, 9.17) is 9.47 Å². The van der Waals surface area contributed by atoms with Crippen LogP contribution in [0.25, 0.3) is 0 Å². The quantitative estimate of drug-likeness (QED) is 0.830. The molecule has 0 unspecified atom stereocenters. The van der Waals surface area contributed by atoms with Crippen molar-refractivity contribution >= 4 is 5.91 Å². The average molecular weight is 397 g/mol. The number of aliphatic hydroxyl groups is 1. The van der Waals surface area contributed by atoms with E-state index < -0.39 is 11.4 Å². The van der Waals surface area contributed by atoms with Gasteiger partial charge in [0.25, 0.3) is 5.91 Å². The van der Waals surface area contributed by atoms with Crippen LogP contribution in [-0.4, -0.2) is 34.9 Å². The van der Waals surface area contributed by atoms with Crippen LogP contribution in [0.4, 0.5) is 4.39 Å². The van der Waals surface area contributed by atoms with E-state index in [0.29, 0.717) is 30.0 Å². The fourth-order valence-corrected chi connectivity index (χ4v) is 5.21. The Morgan fingerprint density at radius 2 is 1.97 bits per heavy atom. The number of carbonyl (C=O) groups is 1. The van der Waals surface area contributed by atoms with Gasteiger partial charge < -0.3 is 19.5 Å². The predicted molar refractivity (Wildman–Crippen MR) is 104 cm³/mol. The molecule has 1 saturated carbocycles. The van der Waals surface area contributed by atoms with Crippen molar-refractivity contribution in [3.63, 3.8) is 0 Å². The lowest BCUT2D eigenvalue weighted by molar-refractivity contribution is -0.115. The zero-order chi connectivity index (χ0) is 20.0. The summed E-state index contributed by atoms with van der Waals surface area (Å²) in [5.41, 5.74) is 0.471. The first kappa shape index (κ1) is 18.4. The monoisotopic (exact) mass is 397 g/mol. The zero-order valence-corrected chi connectivity index (χ0v) is 16.1. The Morgan fingerprint density at radius 3 is 2.83 bits per heavy atom. The lowest BCUT2D eigenvalue weighted by atomic mass is 9.66. The molecule has 2 aromatic rings. The van der Waals surface area contributed by atoms with Gasteiger partial charge in [-0.05, 0) is 55.2 Å².